The van der Waals surface area contributed by atoms with Crippen molar-refractivity contribution in [3.8, 4) is 0 Å². The van der Waals surface area contributed by atoms with Crippen LogP contribution in [0, 0.1) is 0 Å². The van der Waals surface area contributed by atoms with Crippen LogP contribution >= 0.6 is 0 Å². The van der Waals surface area contributed by atoms with Gasteiger partial charge in [-0.2, -0.15) is 0 Å². The zero-order valence-electron chi connectivity index (χ0n) is 15.8. The zero-order valence-corrected chi connectivity index (χ0v) is 19.8. The standard InChI is InChI=1S/C6H14O2Si.3C4H9.Sn/c1-2-7-9-6-4-3-5-8-9;3*1-3-4-2;/h9H,2-6H2,1H3;3*1,3-4H2,2H3;. The van der Waals surface area contributed by atoms with Crippen LogP contribution in [0.3, 0.4) is 0 Å². The third-order valence-corrected chi connectivity index (χ3v) is 15.4. The molecule has 1 unspecified atom stereocenters. The van der Waals surface area contributed by atoms with Crippen molar-refractivity contribution < 1.29 is 8.85 Å². The van der Waals surface area contributed by atoms with Crippen molar-refractivity contribution >= 4 is 29.0 Å². The smallest absolute Gasteiger partial charge is 0.321 e. The molecule has 2 nitrogen and oxygen atoms in total. The SMILES string of the molecule is CCC[CH2][Sn]([CH2]CCC)[CH2]CCC.CCO[SiH]1CCCCO1. The van der Waals surface area contributed by atoms with Gasteiger partial charge in [0.25, 0.3) is 0 Å². The summed E-state index contributed by atoms with van der Waals surface area (Å²) >= 11 is -0.839. The average molecular weight is 436 g/mol. The van der Waals surface area contributed by atoms with Gasteiger partial charge in [0.05, 0.1) is 0 Å². The van der Waals surface area contributed by atoms with Gasteiger partial charge in [-0.3, -0.25) is 0 Å². The van der Waals surface area contributed by atoms with Crippen LogP contribution in [0.5, 0.6) is 0 Å². The van der Waals surface area contributed by atoms with Crippen molar-refractivity contribution in [3.63, 3.8) is 0 Å². The monoisotopic (exact) mass is 437 g/mol. The summed E-state index contributed by atoms with van der Waals surface area (Å²) in [5, 5.41) is 0. The van der Waals surface area contributed by atoms with Crippen LogP contribution in [0.4, 0.5) is 0 Å². The van der Waals surface area contributed by atoms with Gasteiger partial charge in [0.1, 0.15) is 0 Å². The van der Waals surface area contributed by atoms with Crippen molar-refractivity contribution in [2.75, 3.05) is 13.2 Å². The van der Waals surface area contributed by atoms with Crippen molar-refractivity contribution in [2.24, 2.45) is 0 Å². The van der Waals surface area contributed by atoms with Gasteiger partial charge in [-0.25, -0.2) is 0 Å². The van der Waals surface area contributed by atoms with Gasteiger partial charge in [-0.05, 0) is 25.8 Å². The minimum atomic E-state index is -1.13. The molecule has 0 saturated carbocycles. The first kappa shape index (κ1) is 22.9. The van der Waals surface area contributed by atoms with Gasteiger partial charge in [-0.1, -0.05) is 0 Å². The van der Waals surface area contributed by atoms with Gasteiger partial charge in [0.2, 0.25) is 0 Å². The van der Waals surface area contributed by atoms with Gasteiger partial charge in [0.15, 0.2) is 0 Å². The van der Waals surface area contributed by atoms with Crippen LogP contribution in [0.1, 0.15) is 79.1 Å². The maximum absolute atomic E-state index is 5.44. The molecule has 1 aliphatic rings. The van der Waals surface area contributed by atoms with Gasteiger partial charge in [-0.15, -0.1) is 0 Å². The van der Waals surface area contributed by atoms with E-state index < -0.39 is 29.0 Å². The van der Waals surface area contributed by atoms with Crippen LogP contribution in [-0.2, 0) is 8.85 Å². The predicted molar refractivity (Wildman–Crippen MR) is 104 cm³/mol. The fourth-order valence-electron chi connectivity index (χ4n) is 2.68. The van der Waals surface area contributed by atoms with E-state index in [1.165, 1.54) is 57.4 Å². The third kappa shape index (κ3) is 14.5. The van der Waals surface area contributed by atoms with Crippen molar-refractivity contribution in [1.29, 1.82) is 0 Å². The fourth-order valence-corrected chi connectivity index (χ4v) is 14.0. The summed E-state index contributed by atoms with van der Waals surface area (Å²) in [7, 11) is -1.13. The molecule has 1 rings (SSSR count). The summed E-state index contributed by atoms with van der Waals surface area (Å²) in [6, 6.07) is 1.22. The van der Waals surface area contributed by atoms with Gasteiger partial charge >= 0.3 is 102 Å². The van der Waals surface area contributed by atoms with Crippen molar-refractivity contribution in [1.82, 2.24) is 0 Å². The Hall–Kier alpha value is 0.936. The Balaban J connectivity index is 0.000000425. The molecule has 0 bridgehead atoms. The van der Waals surface area contributed by atoms with Crippen LogP contribution in [0.25, 0.3) is 0 Å². The molecule has 1 heterocycles. The van der Waals surface area contributed by atoms with E-state index >= 15 is 0 Å². The number of hydrogen-bond donors (Lipinski definition) is 0. The van der Waals surface area contributed by atoms with E-state index in [0.29, 0.717) is 0 Å². The molecule has 1 radical (unpaired) electrons. The van der Waals surface area contributed by atoms with E-state index in [1.54, 1.807) is 13.3 Å². The fraction of sp³-hybridized carbons (Fsp3) is 1.00. The first-order valence-corrected chi connectivity index (χ1v) is 17.7. The molecule has 0 aromatic heterocycles. The molecule has 22 heavy (non-hydrogen) atoms. The Labute approximate surface area is 149 Å². The second-order valence-electron chi connectivity index (χ2n) is 6.31. The summed E-state index contributed by atoms with van der Waals surface area (Å²) in [4.78, 5) is 0. The average Bonchev–Trinajstić information content (AvgIpc) is 2.56. The molecule has 1 atom stereocenters. The quantitative estimate of drug-likeness (QED) is 0.374. The second-order valence-corrected chi connectivity index (χ2v) is 17.0. The van der Waals surface area contributed by atoms with Crippen molar-refractivity contribution in [2.45, 2.75) is 98.4 Å². The number of unbranched alkanes of at least 4 members (excludes halogenated alkanes) is 3. The third-order valence-electron chi connectivity index (χ3n) is 4.14. The van der Waals surface area contributed by atoms with E-state index in [9.17, 15) is 0 Å². The molecule has 0 spiro atoms. The summed E-state index contributed by atoms with van der Waals surface area (Å²) in [5.74, 6) is 0. The summed E-state index contributed by atoms with van der Waals surface area (Å²) in [6.45, 7) is 10.8. The molecule has 0 aromatic carbocycles. The Bertz CT molecular complexity index is 189. The molecule has 1 fully saturated rings. The molecule has 0 N–H and O–H groups in total. The van der Waals surface area contributed by atoms with Crippen LogP contribution in [0.15, 0.2) is 0 Å². The normalized spacial score (nSPS) is 18.1. The minimum absolute atomic E-state index is 0.830. The Morgan fingerprint density at radius 2 is 1.41 bits per heavy atom. The molecule has 0 amide bonds. The molecule has 1 saturated heterocycles. The number of hydrogen-bond acceptors (Lipinski definition) is 2. The topological polar surface area (TPSA) is 18.5 Å². The van der Waals surface area contributed by atoms with Gasteiger partial charge in [0, 0.05) is 13.2 Å². The van der Waals surface area contributed by atoms with E-state index in [4.69, 9.17) is 8.85 Å². The van der Waals surface area contributed by atoms with Crippen LogP contribution < -0.4 is 0 Å². The Morgan fingerprint density at radius 1 is 0.864 bits per heavy atom. The zero-order chi connectivity index (χ0) is 16.5. The first-order valence-electron chi connectivity index (χ1n) is 9.85. The first-order chi connectivity index (χ1) is 10.8. The summed E-state index contributed by atoms with van der Waals surface area (Å²) in [6.07, 6.45) is 11.4. The maximum Gasteiger partial charge on any atom is 0.321 e. The maximum atomic E-state index is 5.44. The second kappa shape index (κ2) is 18.3. The number of rotatable bonds is 11. The van der Waals surface area contributed by atoms with E-state index in [1.807, 2.05) is 6.92 Å². The molecular weight excluding hydrogens is 395 g/mol. The van der Waals surface area contributed by atoms with E-state index in [2.05, 4.69) is 20.8 Å². The molecule has 0 aliphatic carbocycles. The Kier molecular flexibility index (Phi) is 19.1. The van der Waals surface area contributed by atoms with Gasteiger partial charge < -0.3 is 8.85 Å². The molecule has 0 aromatic rings. The summed E-state index contributed by atoms with van der Waals surface area (Å²) < 4.78 is 15.9. The van der Waals surface area contributed by atoms with E-state index in [-0.39, 0.29) is 0 Å². The largest absolute Gasteiger partial charge is 0.397 e. The molecule has 1 aliphatic heterocycles. The molecule has 4 heteroatoms. The van der Waals surface area contributed by atoms with Crippen LogP contribution in [-0.4, -0.2) is 42.3 Å². The Morgan fingerprint density at radius 3 is 1.77 bits per heavy atom. The van der Waals surface area contributed by atoms with Crippen molar-refractivity contribution in [3.05, 3.63) is 0 Å². The molecular formula is C18H41O2SiSn. The summed E-state index contributed by atoms with van der Waals surface area (Å²) in [5.41, 5.74) is 0. The molecule has 133 valence electrons. The predicted octanol–water partition coefficient (Wildman–Crippen LogP) is 5.94. The van der Waals surface area contributed by atoms with E-state index in [0.717, 1.165) is 13.2 Å². The van der Waals surface area contributed by atoms with Crippen LogP contribution in [0.2, 0.25) is 19.4 Å². The minimum Gasteiger partial charge on any atom is -0.397 e.